The molecular weight excluding hydrogens is 432 g/mol. The van der Waals surface area contributed by atoms with E-state index in [1.54, 1.807) is 14.2 Å². The van der Waals surface area contributed by atoms with Crippen LogP contribution in [0.5, 0.6) is 11.5 Å². The topological polar surface area (TPSA) is 89.7 Å². The average Bonchev–Trinajstić information content (AvgIpc) is 3.32. The van der Waals surface area contributed by atoms with E-state index >= 15 is 0 Å². The Morgan fingerprint density at radius 1 is 1.12 bits per heavy atom. The Kier molecular flexibility index (Phi) is 7.80. The number of methoxy groups -OCH3 is 2. The number of aryl methyl sites for hydroxylation is 1. The van der Waals surface area contributed by atoms with Gasteiger partial charge in [-0.2, -0.15) is 4.98 Å². The summed E-state index contributed by atoms with van der Waals surface area (Å²) in [5, 5.41) is 7.23. The molecule has 0 unspecified atom stereocenters. The van der Waals surface area contributed by atoms with Crippen LogP contribution in [0.2, 0.25) is 0 Å². The van der Waals surface area contributed by atoms with Crippen molar-refractivity contribution in [2.24, 2.45) is 5.92 Å². The highest BCUT2D eigenvalue weighted by atomic mass is 16.5. The van der Waals surface area contributed by atoms with Gasteiger partial charge in [0.15, 0.2) is 11.5 Å². The molecule has 4 rings (SSSR count). The van der Waals surface area contributed by atoms with E-state index in [4.69, 9.17) is 14.0 Å². The molecular formula is C26H32N4O4. The molecule has 1 fully saturated rings. The van der Waals surface area contributed by atoms with Crippen LogP contribution in [0.4, 0.5) is 0 Å². The minimum absolute atomic E-state index is 0.0341. The van der Waals surface area contributed by atoms with E-state index in [-0.39, 0.29) is 11.8 Å². The first-order valence-corrected chi connectivity index (χ1v) is 11.7. The van der Waals surface area contributed by atoms with Crippen molar-refractivity contribution in [3.63, 3.8) is 0 Å². The lowest BCUT2D eigenvalue weighted by Gasteiger charge is -2.30. The third-order valence-corrected chi connectivity index (χ3v) is 6.33. The summed E-state index contributed by atoms with van der Waals surface area (Å²) in [7, 11) is 3.24. The number of carbonyl (C=O) groups is 1. The number of hydrogen-bond acceptors (Lipinski definition) is 7. The van der Waals surface area contributed by atoms with Crippen LogP contribution >= 0.6 is 0 Å². The number of aromatic nitrogens is 2. The smallest absolute Gasteiger partial charge is 0.241 e. The second-order valence-electron chi connectivity index (χ2n) is 8.61. The molecule has 1 aromatic heterocycles. The molecule has 0 atom stereocenters. The van der Waals surface area contributed by atoms with Gasteiger partial charge >= 0.3 is 0 Å². The number of piperidine rings is 1. The number of benzene rings is 2. The Morgan fingerprint density at radius 2 is 1.88 bits per heavy atom. The Morgan fingerprint density at radius 3 is 2.62 bits per heavy atom. The molecule has 180 valence electrons. The fraction of sp³-hybridized carbons (Fsp3) is 0.423. The van der Waals surface area contributed by atoms with Crippen LogP contribution in [0.3, 0.4) is 0 Å². The summed E-state index contributed by atoms with van der Waals surface area (Å²) >= 11 is 0. The predicted octanol–water partition coefficient (Wildman–Crippen LogP) is 3.63. The predicted molar refractivity (Wildman–Crippen MR) is 129 cm³/mol. The van der Waals surface area contributed by atoms with Gasteiger partial charge in [0.2, 0.25) is 17.6 Å². The van der Waals surface area contributed by atoms with E-state index in [1.807, 2.05) is 49.4 Å². The van der Waals surface area contributed by atoms with Crippen molar-refractivity contribution in [2.45, 2.75) is 32.7 Å². The Bertz CT molecular complexity index is 1110. The molecule has 8 nitrogen and oxygen atoms in total. The van der Waals surface area contributed by atoms with E-state index in [2.05, 4.69) is 20.4 Å². The van der Waals surface area contributed by atoms with E-state index in [1.165, 1.54) is 0 Å². The van der Waals surface area contributed by atoms with Gasteiger partial charge in [0.1, 0.15) is 0 Å². The second kappa shape index (κ2) is 11.2. The van der Waals surface area contributed by atoms with E-state index < -0.39 is 0 Å². The summed E-state index contributed by atoms with van der Waals surface area (Å²) in [6.07, 6.45) is 2.38. The first kappa shape index (κ1) is 23.8. The molecule has 2 heterocycles. The molecule has 3 aromatic rings. The van der Waals surface area contributed by atoms with Gasteiger partial charge in [-0.25, -0.2) is 0 Å². The molecule has 1 N–H and O–H groups in total. The normalized spacial score (nSPS) is 14.7. The van der Waals surface area contributed by atoms with Crippen molar-refractivity contribution in [3.8, 4) is 22.9 Å². The highest BCUT2D eigenvalue weighted by Gasteiger charge is 2.26. The zero-order valence-electron chi connectivity index (χ0n) is 20.0. The lowest BCUT2D eigenvalue weighted by atomic mass is 9.96. The van der Waals surface area contributed by atoms with Crippen LogP contribution in [0.15, 0.2) is 47.0 Å². The second-order valence-corrected chi connectivity index (χ2v) is 8.61. The van der Waals surface area contributed by atoms with Crippen molar-refractivity contribution in [1.29, 1.82) is 0 Å². The number of ether oxygens (including phenoxy) is 2. The monoisotopic (exact) mass is 464 g/mol. The zero-order chi connectivity index (χ0) is 23.9. The van der Waals surface area contributed by atoms with Crippen LogP contribution < -0.4 is 14.8 Å². The zero-order valence-corrected chi connectivity index (χ0v) is 20.0. The molecule has 0 spiro atoms. The molecule has 0 aliphatic carbocycles. The van der Waals surface area contributed by atoms with Crippen molar-refractivity contribution >= 4 is 5.91 Å². The summed E-state index contributed by atoms with van der Waals surface area (Å²) < 4.78 is 16.1. The van der Waals surface area contributed by atoms with Crippen molar-refractivity contribution in [2.75, 3.05) is 33.9 Å². The van der Waals surface area contributed by atoms with Gasteiger partial charge in [-0.1, -0.05) is 35.5 Å². The summed E-state index contributed by atoms with van der Waals surface area (Å²) in [4.78, 5) is 19.5. The van der Waals surface area contributed by atoms with Crippen LogP contribution in [0, 0.1) is 12.8 Å². The molecule has 1 aliphatic heterocycles. The van der Waals surface area contributed by atoms with Gasteiger partial charge in [0.05, 0.1) is 20.8 Å². The minimum atomic E-state index is 0.0341. The lowest BCUT2D eigenvalue weighted by molar-refractivity contribution is -0.126. The number of nitrogens with one attached hydrogen (secondary N) is 1. The van der Waals surface area contributed by atoms with Crippen LogP contribution in [0.25, 0.3) is 11.4 Å². The Balaban J connectivity index is 1.21. The maximum atomic E-state index is 12.7. The molecule has 1 saturated heterocycles. The summed E-state index contributed by atoms with van der Waals surface area (Å²) in [6.45, 7) is 4.89. The minimum Gasteiger partial charge on any atom is -0.493 e. The van der Waals surface area contributed by atoms with Crippen LogP contribution in [0.1, 0.15) is 29.9 Å². The van der Waals surface area contributed by atoms with Gasteiger partial charge in [-0.15, -0.1) is 0 Å². The Labute approximate surface area is 200 Å². The fourth-order valence-corrected chi connectivity index (χ4v) is 4.31. The summed E-state index contributed by atoms with van der Waals surface area (Å²) in [6, 6.07) is 13.8. The van der Waals surface area contributed by atoms with Gasteiger partial charge in [-0.05, 0) is 62.5 Å². The summed E-state index contributed by atoms with van der Waals surface area (Å²) in [5.74, 6) is 2.79. The Hall–Kier alpha value is -3.39. The number of nitrogens with zero attached hydrogens (tertiary/aromatic N) is 3. The van der Waals surface area contributed by atoms with Gasteiger partial charge in [0, 0.05) is 18.0 Å². The fourth-order valence-electron chi connectivity index (χ4n) is 4.31. The van der Waals surface area contributed by atoms with Gasteiger partial charge in [0.25, 0.3) is 0 Å². The molecule has 2 aromatic carbocycles. The SMILES string of the molecule is COc1ccc(CCNC(=O)C2CCN(Cc3nc(-c4ccccc4C)no3)CC2)cc1OC. The molecule has 1 aliphatic rings. The molecule has 1 amide bonds. The third kappa shape index (κ3) is 5.75. The van der Waals surface area contributed by atoms with Gasteiger partial charge in [-0.3, -0.25) is 9.69 Å². The number of hydrogen-bond donors (Lipinski definition) is 1. The molecule has 34 heavy (non-hydrogen) atoms. The number of amides is 1. The van der Waals surface area contributed by atoms with Crippen LogP contribution in [-0.4, -0.2) is 54.8 Å². The maximum Gasteiger partial charge on any atom is 0.241 e. The van der Waals surface area contributed by atoms with Crippen molar-refractivity contribution < 1.29 is 18.8 Å². The molecule has 8 heteroatoms. The first-order valence-electron chi connectivity index (χ1n) is 11.7. The highest BCUT2D eigenvalue weighted by molar-refractivity contribution is 5.78. The summed E-state index contributed by atoms with van der Waals surface area (Å²) in [5.41, 5.74) is 3.20. The molecule has 0 bridgehead atoms. The van der Waals surface area contributed by atoms with E-state index in [0.717, 1.165) is 49.0 Å². The van der Waals surface area contributed by atoms with Crippen molar-refractivity contribution in [1.82, 2.24) is 20.4 Å². The average molecular weight is 465 g/mol. The maximum absolute atomic E-state index is 12.7. The van der Waals surface area contributed by atoms with Crippen LogP contribution in [-0.2, 0) is 17.8 Å². The van der Waals surface area contributed by atoms with E-state index in [9.17, 15) is 4.79 Å². The van der Waals surface area contributed by atoms with Crippen molar-refractivity contribution in [3.05, 3.63) is 59.5 Å². The number of rotatable bonds is 9. The number of carbonyl (C=O) groups excluding carboxylic acids is 1. The van der Waals surface area contributed by atoms with E-state index in [0.29, 0.717) is 36.3 Å². The largest absolute Gasteiger partial charge is 0.493 e. The molecule has 0 saturated carbocycles. The molecule has 0 radical (unpaired) electrons. The third-order valence-electron chi connectivity index (χ3n) is 6.33. The standard InChI is InChI=1S/C26H32N4O4/c1-18-6-4-5-7-21(18)25-28-24(34-29-25)17-30-14-11-20(12-15-30)26(31)27-13-10-19-8-9-22(32-2)23(16-19)33-3/h4-9,16,20H,10-15,17H2,1-3H3,(H,27,31). The quantitative estimate of drug-likeness (QED) is 0.517. The number of likely N-dealkylation sites (tertiary alicyclic amines) is 1. The van der Waals surface area contributed by atoms with Gasteiger partial charge < -0.3 is 19.3 Å². The first-order chi connectivity index (χ1) is 16.6. The highest BCUT2D eigenvalue weighted by Crippen LogP contribution is 2.27. The lowest BCUT2D eigenvalue weighted by Crippen LogP contribution is -2.40.